The second kappa shape index (κ2) is 2.72. The average Bonchev–Trinajstić information content (AvgIpc) is 2.59. The van der Waals surface area contributed by atoms with E-state index in [4.69, 9.17) is 0 Å². The summed E-state index contributed by atoms with van der Waals surface area (Å²) in [4.78, 5) is 11.5. The lowest BCUT2D eigenvalue weighted by Gasteiger charge is -2.25. The summed E-state index contributed by atoms with van der Waals surface area (Å²) < 4.78 is 0. The highest BCUT2D eigenvalue weighted by Crippen LogP contribution is 2.36. The van der Waals surface area contributed by atoms with Crippen molar-refractivity contribution >= 4 is 11.6 Å². The highest BCUT2D eigenvalue weighted by atomic mass is 16.2. The summed E-state index contributed by atoms with van der Waals surface area (Å²) in [6.07, 6.45) is 0. The summed E-state index contributed by atoms with van der Waals surface area (Å²) in [7, 11) is 0. The van der Waals surface area contributed by atoms with Gasteiger partial charge in [-0.3, -0.25) is 10.2 Å². The maximum absolute atomic E-state index is 11.5. The van der Waals surface area contributed by atoms with E-state index in [1.54, 1.807) is 0 Å². The predicted molar refractivity (Wildman–Crippen MR) is 52.7 cm³/mol. The third kappa shape index (κ3) is 0.943. The second-order valence-electron chi connectivity index (χ2n) is 3.69. The molecule has 14 heavy (non-hydrogen) atoms. The number of hydrogen-bond acceptors (Lipinski definition) is 3. The molecule has 2 unspecified atom stereocenters. The first-order valence-corrected chi connectivity index (χ1v) is 4.74. The predicted octanol–water partition coefficient (Wildman–Crippen LogP) is 0.199. The van der Waals surface area contributed by atoms with Gasteiger partial charge in [0.1, 0.15) is 6.04 Å². The Morgan fingerprint density at radius 2 is 2.14 bits per heavy atom. The number of hydrazine groups is 1. The molecule has 3 rings (SSSR count). The number of hydrogen-bond donors (Lipinski definition) is 3. The lowest BCUT2D eigenvalue weighted by atomic mass is 9.94. The Morgan fingerprint density at radius 1 is 1.29 bits per heavy atom. The molecule has 2 heterocycles. The van der Waals surface area contributed by atoms with Crippen LogP contribution in [0.15, 0.2) is 24.3 Å². The lowest BCUT2D eigenvalue weighted by Crippen LogP contribution is -2.55. The molecule has 1 aromatic rings. The van der Waals surface area contributed by atoms with Crippen LogP contribution in [0.4, 0.5) is 5.69 Å². The van der Waals surface area contributed by atoms with E-state index in [0.717, 1.165) is 12.2 Å². The smallest absolute Gasteiger partial charge is 0.257 e. The van der Waals surface area contributed by atoms with Gasteiger partial charge in [0.2, 0.25) is 0 Å². The first-order chi connectivity index (χ1) is 6.86. The Kier molecular flexibility index (Phi) is 1.52. The van der Waals surface area contributed by atoms with Gasteiger partial charge in [0, 0.05) is 18.2 Å². The van der Waals surface area contributed by atoms with Crippen molar-refractivity contribution < 1.29 is 4.79 Å². The monoisotopic (exact) mass is 189 g/mol. The highest BCUT2D eigenvalue weighted by molar-refractivity contribution is 5.89. The normalized spacial score (nSPS) is 28.7. The van der Waals surface area contributed by atoms with Gasteiger partial charge in [0.05, 0.1) is 0 Å². The summed E-state index contributed by atoms with van der Waals surface area (Å²) >= 11 is 0. The fourth-order valence-corrected chi connectivity index (χ4v) is 2.20. The molecule has 2 atom stereocenters. The molecule has 1 fully saturated rings. The average molecular weight is 189 g/mol. The maximum Gasteiger partial charge on any atom is 0.257 e. The fourth-order valence-electron chi connectivity index (χ4n) is 2.20. The van der Waals surface area contributed by atoms with Gasteiger partial charge in [-0.25, -0.2) is 5.43 Å². The Hall–Kier alpha value is -1.55. The van der Waals surface area contributed by atoms with E-state index in [2.05, 4.69) is 22.2 Å². The molecule has 0 saturated carbocycles. The molecule has 0 aromatic heterocycles. The van der Waals surface area contributed by atoms with Crippen LogP contribution in [-0.4, -0.2) is 18.5 Å². The SMILES string of the molecule is O=C1NNCC2c3ccccc3NC12. The summed E-state index contributed by atoms with van der Waals surface area (Å²) in [6.45, 7) is 0.792. The molecule has 3 N–H and O–H groups in total. The highest BCUT2D eigenvalue weighted by Gasteiger charge is 2.38. The molecule has 0 spiro atoms. The van der Waals surface area contributed by atoms with E-state index >= 15 is 0 Å². The van der Waals surface area contributed by atoms with Gasteiger partial charge >= 0.3 is 0 Å². The first kappa shape index (κ1) is 7.82. The van der Waals surface area contributed by atoms with Crippen molar-refractivity contribution in [1.29, 1.82) is 0 Å². The van der Waals surface area contributed by atoms with Crippen molar-refractivity contribution in [2.75, 3.05) is 11.9 Å². The standard InChI is InChI=1S/C10H11N3O/c14-10-9-7(5-11-13-10)6-3-1-2-4-8(6)12-9/h1-4,7,9,11-12H,5H2,(H,13,14). The molecular weight excluding hydrogens is 178 g/mol. The molecule has 2 aliphatic rings. The minimum absolute atomic E-state index is 0.0254. The van der Waals surface area contributed by atoms with Gasteiger partial charge in [0.15, 0.2) is 0 Å². The molecule has 4 nitrogen and oxygen atoms in total. The zero-order chi connectivity index (χ0) is 9.54. The first-order valence-electron chi connectivity index (χ1n) is 4.74. The van der Waals surface area contributed by atoms with E-state index < -0.39 is 0 Å². The van der Waals surface area contributed by atoms with Gasteiger partial charge in [-0.15, -0.1) is 0 Å². The van der Waals surface area contributed by atoms with Crippen LogP contribution in [-0.2, 0) is 4.79 Å². The van der Waals surface area contributed by atoms with Crippen LogP contribution in [0.5, 0.6) is 0 Å². The topological polar surface area (TPSA) is 53.2 Å². The molecule has 2 aliphatic heterocycles. The Balaban J connectivity index is 2.04. The van der Waals surface area contributed by atoms with E-state index in [0.29, 0.717) is 0 Å². The molecule has 0 bridgehead atoms. The van der Waals surface area contributed by atoms with Crippen molar-refractivity contribution in [3.05, 3.63) is 29.8 Å². The number of amides is 1. The molecule has 72 valence electrons. The van der Waals surface area contributed by atoms with E-state index in [-0.39, 0.29) is 17.9 Å². The van der Waals surface area contributed by atoms with Crippen LogP contribution in [0.1, 0.15) is 11.5 Å². The van der Waals surface area contributed by atoms with E-state index in [1.807, 2.05) is 18.2 Å². The lowest BCUT2D eigenvalue weighted by molar-refractivity contribution is -0.124. The van der Waals surface area contributed by atoms with E-state index in [9.17, 15) is 4.79 Å². The quantitative estimate of drug-likeness (QED) is 0.546. The number of nitrogens with one attached hydrogen (secondary N) is 3. The van der Waals surface area contributed by atoms with Crippen molar-refractivity contribution in [2.45, 2.75) is 12.0 Å². The van der Waals surface area contributed by atoms with Crippen molar-refractivity contribution in [3.8, 4) is 0 Å². The minimum Gasteiger partial charge on any atom is -0.373 e. The van der Waals surface area contributed by atoms with Crippen LogP contribution in [0.25, 0.3) is 0 Å². The summed E-state index contributed by atoms with van der Waals surface area (Å²) in [5, 5.41) is 3.23. The van der Waals surface area contributed by atoms with Crippen LogP contribution < -0.4 is 16.2 Å². The van der Waals surface area contributed by atoms with Crippen LogP contribution in [0.3, 0.4) is 0 Å². The Morgan fingerprint density at radius 3 is 3.07 bits per heavy atom. The third-order valence-electron chi connectivity index (χ3n) is 2.89. The van der Waals surface area contributed by atoms with Crippen LogP contribution >= 0.6 is 0 Å². The Bertz CT molecular complexity index is 391. The second-order valence-corrected chi connectivity index (χ2v) is 3.69. The molecule has 1 aromatic carbocycles. The number of carbonyl (C=O) groups excluding carboxylic acids is 1. The largest absolute Gasteiger partial charge is 0.373 e. The molecule has 1 saturated heterocycles. The molecule has 4 heteroatoms. The molecule has 0 aliphatic carbocycles. The van der Waals surface area contributed by atoms with Crippen LogP contribution in [0.2, 0.25) is 0 Å². The minimum atomic E-state index is -0.103. The number of fused-ring (bicyclic) bond motifs is 3. The van der Waals surface area contributed by atoms with Gasteiger partial charge in [-0.05, 0) is 11.6 Å². The van der Waals surface area contributed by atoms with Crippen LogP contribution in [0, 0.1) is 0 Å². The molecule has 1 amide bonds. The van der Waals surface area contributed by atoms with Gasteiger partial charge in [-0.2, -0.15) is 0 Å². The van der Waals surface area contributed by atoms with Gasteiger partial charge in [0.25, 0.3) is 5.91 Å². The van der Waals surface area contributed by atoms with Crippen molar-refractivity contribution in [3.63, 3.8) is 0 Å². The number of carbonyl (C=O) groups is 1. The van der Waals surface area contributed by atoms with Crippen molar-refractivity contribution in [2.24, 2.45) is 0 Å². The Labute approximate surface area is 81.7 Å². The maximum atomic E-state index is 11.5. The van der Waals surface area contributed by atoms with Gasteiger partial charge < -0.3 is 5.32 Å². The van der Waals surface area contributed by atoms with Gasteiger partial charge in [-0.1, -0.05) is 18.2 Å². The third-order valence-corrected chi connectivity index (χ3v) is 2.89. The number of benzene rings is 1. The molecular formula is C10H11N3O. The summed E-state index contributed by atoms with van der Waals surface area (Å²) in [6, 6.07) is 7.98. The zero-order valence-electron chi connectivity index (χ0n) is 7.58. The number of anilines is 1. The summed E-state index contributed by atoms with van der Waals surface area (Å²) in [5.41, 5.74) is 7.86. The van der Waals surface area contributed by atoms with Crippen molar-refractivity contribution in [1.82, 2.24) is 10.9 Å². The number of para-hydroxylation sites is 1. The number of rotatable bonds is 0. The zero-order valence-corrected chi connectivity index (χ0v) is 7.58. The van der Waals surface area contributed by atoms with E-state index in [1.165, 1.54) is 5.56 Å². The molecule has 0 radical (unpaired) electrons. The summed E-state index contributed by atoms with van der Waals surface area (Å²) in [5.74, 6) is 0.289. The fraction of sp³-hybridized carbons (Fsp3) is 0.300.